The maximum atomic E-state index is 9.37. The fourth-order valence-corrected chi connectivity index (χ4v) is 4.20. The second-order valence-corrected chi connectivity index (χ2v) is 8.69. The van der Waals surface area contributed by atoms with Crippen molar-refractivity contribution in [1.29, 1.82) is 10.5 Å². The molecule has 4 rings (SSSR count). The van der Waals surface area contributed by atoms with Crippen LogP contribution in [0.4, 0.5) is 11.4 Å². The molecular formula is C29H22N4O2S. The molecule has 0 spiro atoms. The zero-order valence-corrected chi connectivity index (χ0v) is 20.4. The molecule has 7 heteroatoms. The molecule has 0 aliphatic rings. The Morgan fingerprint density at radius 3 is 1.81 bits per heavy atom. The molecular weight excluding hydrogens is 468 g/mol. The van der Waals surface area contributed by atoms with Gasteiger partial charge in [-0.25, -0.2) is 0 Å². The largest absolute Gasteiger partial charge is 0.457 e. The number of ether oxygens (including phenoxy) is 2. The molecule has 1 N–H and O–H groups in total. The van der Waals surface area contributed by atoms with Gasteiger partial charge in [-0.2, -0.15) is 10.5 Å². The molecule has 0 saturated heterocycles. The van der Waals surface area contributed by atoms with Gasteiger partial charge in [0.2, 0.25) is 0 Å². The average molecular weight is 491 g/mol. The zero-order valence-electron chi connectivity index (χ0n) is 19.6. The number of benzene rings is 4. The Kier molecular flexibility index (Phi) is 7.87. The number of rotatable bonds is 9. The fourth-order valence-electron chi connectivity index (χ4n) is 3.38. The first-order valence-corrected chi connectivity index (χ1v) is 12.0. The highest BCUT2D eigenvalue weighted by Crippen LogP contribution is 2.33. The van der Waals surface area contributed by atoms with Crippen molar-refractivity contribution in [2.45, 2.75) is 16.7 Å². The van der Waals surface area contributed by atoms with Crippen LogP contribution in [-0.2, 0) is 0 Å². The second kappa shape index (κ2) is 11.6. The molecule has 0 bridgehead atoms. The van der Waals surface area contributed by atoms with Gasteiger partial charge in [0, 0.05) is 28.5 Å². The number of nitrogens with zero attached hydrogens (tertiary/aromatic N) is 3. The molecule has 4 aromatic rings. The standard InChI is InChI=1S/C29H22N4O2S/c1-3-33-28-15-10-24(16-21(28)19-31)34-22-6-11-26(12-7-22)36-27-13-8-23(9-14-27)35-25-5-4-20(18-30)29(17-25)32-2/h4-17,33H,2-3H2,1H3. The molecule has 0 amide bonds. The Balaban J connectivity index is 1.37. The maximum Gasteiger partial charge on any atom is 0.129 e. The summed E-state index contributed by atoms with van der Waals surface area (Å²) >= 11 is 1.62. The maximum absolute atomic E-state index is 9.37. The van der Waals surface area contributed by atoms with E-state index in [1.165, 1.54) is 0 Å². The van der Waals surface area contributed by atoms with E-state index in [0.29, 0.717) is 39.8 Å². The van der Waals surface area contributed by atoms with Crippen molar-refractivity contribution in [3.05, 3.63) is 96.1 Å². The molecule has 4 aromatic carbocycles. The van der Waals surface area contributed by atoms with Crippen LogP contribution in [0.1, 0.15) is 18.1 Å². The van der Waals surface area contributed by atoms with Crippen LogP contribution < -0.4 is 14.8 Å². The van der Waals surface area contributed by atoms with Crippen LogP contribution in [0.2, 0.25) is 0 Å². The van der Waals surface area contributed by atoms with E-state index >= 15 is 0 Å². The number of hydrogen-bond donors (Lipinski definition) is 1. The topological polar surface area (TPSA) is 90.4 Å². The van der Waals surface area contributed by atoms with Crippen molar-refractivity contribution < 1.29 is 9.47 Å². The smallest absolute Gasteiger partial charge is 0.129 e. The third kappa shape index (κ3) is 6.04. The Morgan fingerprint density at radius 2 is 1.28 bits per heavy atom. The molecule has 0 aliphatic carbocycles. The van der Waals surface area contributed by atoms with E-state index in [1.54, 1.807) is 36.0 Å². The van der Waals surface area contributed by atoms with Crippen LogP contribution in [0.3, 0.4) is 0 Å². The van der Waals surface area contributed by atoms with Crippen LogP contribution in [0.25, 0.3) is 0 Å². The minimum atomic E-state index is 0.453. The summed E-state index contributed by atoms with van der Waals surface area (Å²) in [5.74, 6) is 2.58. The number of nitrogens with one attached hydrogen (secondary N) is 1. The van der Waals surface area contributed by atoms with Crippen LogP contribution in [-0.4, -0.2) is 13.3 Å². The van der Waals surface area contributed by atoms with Gasteiger partial charge < -0.3 is 14.8 Å². The molecule has 0 aromatic heterocycles. The molecule has 0 unspecified atom stereocenters. The number of anilines is 1. The first kappa shape index (κ1) is 24.4. The van der Waals surface area contributed by atoms with Gasteiger partial charge >= 0.3 is 0 Å². The molecule has 176 valence electrons. The Bertz CT molecular complexity index is 1450. The van der Waals surface area contributed by atoms with Gasteiger partial charge in [-0.15, -0.1) is 0 Å². The zero-order chi connectivity index (χ0) is 25.3. The van der Waals surface area contributed by atoms with Crippen molar-refractivity contribution in [2.24, 2.45) is 4.99 Å². The minimum Gasteiger partial charge on any atom is -0.457 e. The quantitative estimate of drug-likeness (QED) is 0.240. The highest BCUT2D eigenvalue weighted by molar-refractivity contribution is 7.99. The summed E-state index contributed by atoms with van der Waals surface area (Å²) in [6.07, 6.45) is 0. The van der Waals surface area contributed by atoms with Gasteiger partial charge in [-0.3, -0.25) is 4.99 Å². The molecule has 0 radical (unpaired) electrons. The molecule has 0 fully saturated rings. The van der Waals surface area contributed by atoms with Crippen LogP contribution in [0.5, 0.6) is 23.0 Å². The van der Waals surface area contributed by atoms with Crippen molar-refractivity contribution >= 4 is 29.9 Å². The Hall–Kier alpha value is -4.72. The summed E-state index contributed by atoms with van der Waals surface area (Å²) in [6, 6.07) is 30.3. The molecule has 0 heterocycles. The predicted octanol–water partition coefficient (Wildman–Crippen LogP) is 7.93. The average Bonchev–Trinajstić information content (AvgIpc) is 2.91. The number of nitriles is 2. The van der Waals surface area contributed by atoms with Crippen molar-refractivity contribution in [3.8, 4) is 35.1 Å². The third-order valence-corrected chi connectivity index (χ3v) is 6.11. The highest BCUT2D eigenvalue weighted by Gasteiger charge is 2.07. The third-order valence-electron chi connectivity index (χ3n) is 5.09. The van der Waals surface area contributed by atoms with Gasteiger partial charge in [-0.05, 0) is 86.4 Å². The first-order valence-electron chi connectivity index (χ1n) is 11.1. The van der Waals surface area contributed by atoms with Crippen LogP contribution in [0, 0.1) is 22.7 Å². The van der Waals surface area contributed by atoms with Gasteiger partial charge in [0.05, 0.1) is 22.5 Å². The number of hydrogen-bond acceptors (Lipinski definition) is 7. The summed E-state index contributed by atoms with van der Waals surface area (Å²) in [6.45, 7) is 6.23. The van der Waals surface area contributed by atoms with Crippen LogP contribution in [0.15, 0.2) is 99.7 Å². The van der Waals surface area contributed by atoms with E-state index in [4.69, 9.17) is 14.7 Å². The number of aliphatic imine (C=N–C) groups is 1. The predicted molar refractivity (Wildman–Crippen MR) is 143 cm³/mol. The van der Waals surface area contributed by atoms with Crippen molar-refractivity contribution in [2.75, 3.05) is 11.9 Å². The van der Waals surface area contributed by atoms with Crippen molar-refractivity contribution in [3.63, 3.8) is 0 Å². The van der Waals surface area contributed by atoms with E-state index in [1.807, 2.05) is 67.6 Å². The van der Waals surface area contributed by atoms with E-state index < -0.39 is 0 Å². The Labute approximate surface area is 214 Å². The normalized spacial score (nSPS) is 10.1. The second-order valence-electron chi connectivity index (χ2n) is 7.55. The lowest BCUT2D eigenvalue weighted by Crippen LogP contribution is -1.99. The lowest BCUT2D eigenvalue weighted by Gasteiger charge is -2.10. The summed E-state index contributed by atoms with van der Waals surface area (Å²) in [5.41, 5.74) is 2.29. The van der Waals surface area contributed by atoms with Gasteiger partial charge in [0.1, 0.15) is 35.1 Å². The Morgan fingerprint density at radius 1 is 0.750 bits per heavy atom. The molecule has 6 nitrogen and oxygen atoms in total. The van der Waals surface area contributed by atoms with E-state index in [0.717, 1.165) is 22.0 Å². The SMILES string of the molecule is C=Nc1cc(Oc2ccc(Sc3ccc(Oc4ccc(NCC)c(C#N)c4)cc3)cc2)ccc1C#N. The lowest BCUT2D eigenvalue weighted by molar-refractivity contribution is 0.482. The van der Waals surface area contributed by atoms with Gasteiger partial charge in [-0.1, -0.05) is 11.8 Å². The summed E-state index contributed by atoms with van der Waals surface area (Å²) < 4.78 is 11.8. The minimum absolute atomic E-state index is 0.453. The van der Waals surface area contributed by atoms with Gasteiger partial charge in [0.25, 0.3) is 0 Å². The van der Waals surface area contributed by atoms with E-state index in [2.05, 4.69) is 29.2 Å². The first-order chi connectivity index (χ1) is 17.6. The molecule has 36 heavy (non-hydrogen) atoms. The molecule has 0 aliphatic heterocycles. The van der Waals surface area contributed by atoms with Crippen LogP contribution >= 0.6 is 11.8 Å². The molecule has 0 saturated carbocycles. The summed E-state index contributed by atoms with van der Waals surface area (Å²) in [5, 5.41) is 21.6. The summed E-state index contributed by atoms with van der Waals surface area (Å²) in [4.78, 5) is 5.99. The fraction of sp³-hybridized carbons (Fsp3) is 0.0690. The van der Waals surface area contributed by atoms with E-state index in [-0.39, 0.29) is 0 Å². The summed E-state index contributed by atoms with van der Waals surface area (Å²) in [7, 11) is 0. The van der Waals surface area contributed by atoms with E-state index in [9.17, 15) is 5.26 Å². The van der Waals surface area contributed by atoms with Gasteiger partial charge in [0.15, 0.2) is 0 Å². The highest BCUT2D eigenvalue weighted by atomic mass is 32.2. The molecule has 0 atom stereocenters. The lowest BCUT2D eigenvalue weighted by atomic mass is 10.2. The van der Waals surface area contributed by atoms with Crippen molar-refractivity contribution in [1.82, 2.24) is 0 Å². The monoisotopic (exact) mass is 490 g/mol.